The van der Waals surface area contributed by atoms with Crippen LogP contribution in [0.25, 0.3) is 0 Å². The highest BCUT2D eigenvalue weighted by molar-refractivity contribution is 7.89. The number of aryl methyl sites for hydroxylation is 1. The quantitative estimate of drug-likeness (QED) is 0.846. The molecule has 1 aliphatic heterocycles. The third-order valence-corrected chi connectivity index (χ3v) is 5.43. The first-order chi connectivity index (χ1) is 8.03. The Kier molecular flexibility index (Phi) is 3.84. The molecule has 1 atom stereocenters. The van der Waals surface area contributed by atoms with Crippen molar-refractivity contribution in [1.29, 1.82) is 0 Å². The minimum atomic E-state index is -3.49. The molecule has 17 heavy (non-hydrogen) atoms. The summed E-state index contributed by atoms with van der Waals surface area (Å²) in [7, 11) is -3.49. The van der Waals surface area contributed by atoms with Gasteiger partial charge in [0.05, 0.1) is 18.1 Å². The van der Waals surface area contributed by atoms with E-state index in [1.807, 2.05) is 0 Å². The normalized spacial score (nSPS) is 20.9. The van der Waals surface area contributed by atoms with Gasteiger partial charge in [-0.25, -0.2) is 13.1 Å². The Hall–Kier alpha value is -0.470. The maximum Gasteiger partial charge on any atom is 0.242 e. The van der Waals surface area contributed by atoms with Crippen molar-refractivity contribution in [3.63, 3.8) is 0 Å². The molecule has 0 aromatic carbocycles. The van der Waals surface area contributed by atoms with Gasteiger partial charge in [-0.15, -0.1) is 11.3 Å². The van der Waals surface area contributed by atoms with Gasteiger partial charge in [0.25, 0.3) is 0 Å². The molecule has 0 aliphatic carbocycles. The van der Waals surface area contributed by atoms with Crippen molar-refractivity contribution < 1.29 is 18.3 Å². The van der Waals surface area contributed by atoms with Gasteiger partial charge in [-0.3, -0.25) is 0 Å². The lowest BCUT2D eigenvalue weighted by Crippen LogP contribution is -2.35. The maximum atomic E-state index is 12.1. The van der Waals surface area contributed by atoms with E-state index in [1.54, 1.807) is 6.92 Å². The Labute approximate surface area is 104 Å². The number of nitrogens with one attached hydrogen (secondary N) is 1. The summed E-state index contributed by atoms with van der Waals surface area (Å²) >= 11 is 1.30. The Balaban J connectivity index is 2.21. The highest BCUT2D eigenvalue weighted by atomic mass is 32.2. The van der Waals surface area contributed by atoms with E-state index < -0.39 is 10.0 Å². The Morgan fingerprint density at radius 1 is 1.65 bits per heavy atom. The maximum absolute atomic E-state index is 12.1. The SMILES string of the molecule is Cc1sc(CO)cc1S(=O)(=O)NC1CCOC1. The van der Waals surface area contributed by atoms with Crippen LogP contribution in [0.15, 0.2) is 11.0 Å². The first kappa shape index (κ1) is 13.0. The molecule has 1 saturated heterocycles. The van der Waals surface area contributed by atoms with Crippen LogP contribution in [0.2, 0.25) is 0 Å². The molecule has 5 nitrogen and oxygen atoms in total. The molecule has 0 saturated carbocycles. The molecule has 2 N–H and O–H groups in total. The molecule has 1 unspecified atom stereocenters. The van der Waals surface area contributed by atoms with Gasteiger partial charge >= 0.3 is 0 Å². The van der Waals surface area contributed by atoms with E-state index in [0.29, 0.717) is 29.4 Å². The van der Waals surface area contributed by atoms with Crippen molar-refractivity contribution in [2.75, 3.05) is 13.2 Å². The van der Waals surface area contributed by atoms with Gasteiger partial charge in [0.1, 0.15) is 0 Å². The molecule has 0 radical (unpaired) electrons. The van der Waals surface area contributed by atoms with Crippen LogP contribution in [0, 0.1) is 6.92 Å². The molecule has 1 aromatic rings. The Bertz CT molecular complexity index is 488. The molecule has 7 heteroatoms. The highest BCUT2D eigenvalue weighted by Gasteiger charge is 2.25. The van der Waals surface area contributed by atoms with Crippen molar-refractivity contribution >= 4 is 21.4 Å². The van der Waals surface area contributed by atoms with Crippen LogP contribution < -0.4 is 4.72 Å². The first-order valence-corrected chi connectivity index (χ1v) is 7.63. The summed E-state index contributed by atoms with van der Waals surface area (Å²) in [5, 5.41) is 9.00. The zero-order valence-corrected chi connectivity index (χ0v) is 11.1. The van der Waals surface area contributed by atoms with E-state index in [-0.39, 0.29) is 17.5 Å². The second-order valence-corrected chi connectivity index (χ2v) is 7.00. The molecule has 0 bridgehead atoms. The largest absolute Gasteiger partial charge is 0.391 e. The van der Waals surface area contributed by atoms with Crippen molar-refractivity contribution in [1.82, 2.24) is 4.72 Å². The fraction of sp³-hybridized carbons (Fsp3) is 0.600. The standard InChI is InChI=1S/C10H15NO4S2/c1-7-10(4-9(5-12)16-7)17(13,14)11-8-2-3-15-6-8/h4,8,11-12H,2-3,5-6H2,1H3. The molecule has 96 valence electrons. The predicted octanol–water partition coefficient (Wildman–Crippen LogP) is 0.616. The summed E-state index contributed by atoms with van der Waals surface area (Å²) in [5.74, 6) is 0. The minimum absolute atomic E-state index is 0.131. The topological polar surface area (TPSA) is 75.6 Å². The lowest BCUT2D eigenvalue weighted by Gasteiger charge is -2.10. The predicted molar refractivity (Wildman–Crippen MR) is 64.5 cm³/mol. The molecule has 0 spiro atoms. The summed E-state index contributed by atoms with van der Waals surface area (Å²) in [6.07, 6.45) is 0.704. The van der Waals surface area contributed by atoms with E-state index in [1.165, 1.54) is 17.4 Å². The number of aliphatic hydroxyl groups is 1. The first-order valence-electron chi connectivity index (χ1n) is 5.33. The highest BCUT2D eigenvalue weighted by Crippen LogP contribution is 2.26. The summed E-state index contributed by atoms with van der Waals surface area (Å²) in [4.78, 5) is 1.62. The Morgan fingerprint density at radius 3 is 2.94 bits per heavy atom. The van der Waals surface area contributed by atoms with Gasteiger partial charge in [0.2, 0.25) is 10.0 Å². The number of hydrogen-bond donors (Lipinski definition) is 2. The number of thiophene rings is 1. The molecule has 1 aromatic heterocycles. The van der Waals surface area contributed by atoms with Crippen LogP contribution in [-0.2, 0) is 21.4 Å². The average molecular weight is 277 g/mol. The van der Waals surface area contributed by atoms with Crippen LogP contribution in [0.1, 0.15) is 16.2 Å². The van der Waals surface area contributed by atoms with E-state index >= 15 is 0 Å². The summed E-state index contributed by atoms with van der Waals surface area (Å²) in [6.45, 7) is 2.63. The third kappa shape index (κ3) is 2.86. The van der Waals surface area contributed by atoms with Gasteiger partial charge in [-0.1, -0.05) is 0 Å². The molecule has 1 fully saturated rings. The third-order valence-electron chi connectivity index (χ3n) is 2.62. The molecule has 2 heterocycles. The minimum Gasteiger partial charge on any atom is -0.391 e. The van der Waals surface area contributed by atoms with Crippen molar-refractivity contribution in [2.45, 2.75) is 30.9 Å². The fourth-order valence-electron chi connectivity index (χ4n) is 1.78. The zero-order valence-electron chi connectivity index (χ0n) is 9.47. The number of hydrogen-bond acceptors (Lipinski definition) is 5. The molecule has 0 amide bonds. The second-order valence-electron chi connectivity index (χ2n) is 3.97. The van der Waals surface area contributed by atoms with E-state index in [0.717, 1.165) is 0 Å². The Morgan fingerprint density at radius 2 is 2.41 bits per heavy atom. The van der Waals surface area contributed by atoms with Gasteiger partial charge in [0.15, 0.2) is 0 Å². The number of ether oxygens (including phenoxy) is 1. The van der Waals surface area contributed by atoms with Crippen LogP contribution in [-0.4, -0.2) is 32.8 Å². The zero-order chi connectivity index (χ0) is 12.5. The van der Waals surface area contributed by atoms with E-state index in [4.69, 9.17) is 9.84 Å². The van der Waals surface area contributed by atoms with Gasteiger partial charge in [-0.05, 0) is 19.4 Å². The van der Waals surface area contributed by atoms with Crippen molar-refractivity contribution in [3.8, 4) is 0 Å². The molecular weight excluding hydrogens is 262 g/mol. The van der Waals surface area contributed by atoms with Crippen LogP contribution in [0.4, 0.5) is 0 Å². The monoisotopic (exact) mass is 277 g/mol. The molecular formula is C10H15NO4S2. The summed E-state index contributed by atoms with van der Waals surface area (Å²) in [6, 6.07) is 1.38. The van der Waals surface area contributed by atoms with Gasteiger partial charge < -0.3 is 9.84 Å². The van der Waals surface area contributed by atoms with Crippen LogP contribution >= 0.6 is 11.3 Å². The van der Waals surface area contributed by atoms with Gasteiger partial charge in [0, 0.05) is 22.4 Å². The second kappa shape index (κ2) is 5.03. The summed E-state index contributed by atoms with van der Waals surface area (Å²) in [5.41, 5.74) is 0. The van der Waals surface area contributed by atoms with Gasteiger partial charge in [-0.2, -0.15) is 0 Å². The fourth-order valence-corrected chi connectivity index (χ4v) is 4.53. The van der Waals surface area contributed by atoms with E-state index in [9.17, 15) is 8.42 Å². The number of aliphatic hydroxyl groups excluding tert-OH is 1. The van der Waals surface area contributed by atoms with E-state index in [2.05, 4.69) is 4.72 Å². The van der Waals surface area contributed by atoms with Crippen LogP contribution in [0.5, 0.6) is 0 Å². The molecule has 2 rings (SSSR count). The smallest absolute Gasteiger partial charge is 0.242 e. The number of sulfonamides is 1. The van der Waals surface area contributed by atoms with Crippen molar-refractivity contribution in [3.05, 3.63) is 15.8 Å². The number of rotatable bonds is 4. The van der Waals surface area contributed by atoms with Crippen LogP contribution in [0.3, 0.4) is 0 Å². The lowest BCUT2D eigenvalue weighted by atomic mass is 10.3. The van der Waals surface area contributed by atoms with Crippen molar-refractivity contribution in [2.24, 2.45) is 0 Å². The lowest BCUT2D eigenvalue weighted by molar-refractivity contribution is 0.192. The molecule has 1 aliphatic rings. The average Bonchev–Trinajstić information content (AvgIpc) is 2.86. The summed E-state index contributed by atoms with van der Waals surface area (Å²) < 4.78 is 31.9.